The van der Waals surface area contributed by atoms with Gasteiger partial charge in [-0.25, -0.2) is 0 Å². The Morgan fingerprint density at radius 2 is 0.846 bits per heavy atom. The predicted molar refractivity (Wildman–Crippen MR) is 216 cm³/mol. The van der Waals surface area contributed by atoms with E-state index in [4.69, 9.17) is 14.2 Å². The summed E-state index contributed by atoms with van der Waals surface area (Å²) >= 11 is 0. The fourth-order valence-corrected chi connectivity index (χ4v) is 5.93. The predicted octanol–water partition coefficient (Wildman–Crippen LogP) is 11.3. The molecule has 0 unspecified atom stereocenters. The van der Waals surface area contributed by atoms with Crippen LogP contribution in [0.15, 0.2) is 0 Å². The normalized spacial score (nSPS) is 10.8. The van der Waals surface area contributed by atoms with E-state index in [0.717, 1.165) is 129 Å². The molecular weight excluding hydrogens is 650 g/mol. The Balaban J connectivity index is 4.19. The highest BCUT2D eigenvalue weighted by Gasteiger charge is 2.14. The monoisotopic (exact) mass is 730 g/mol. The van der Waals surface area contributed by atoms with Gasteiger partial charge in [-0.1, -0.05) is 109 Å². The molecule has 0 bridgehead atoms. The first-order chi connectivity index (χ1) is 25.4. The lowest BCUT2D eigenvalue weighted by Crippen LogP contribution is -2.18. The maximum Gasteiger partial charge on any atom is 0.306 e. The number of ether oxygens (including phenoxy) is 3. The zero-order valence-electron chi connectivity index (χ0n) is 34.3. The molecule has 0 aromatic carbocycles. The molecule has 0 atom stereocenters. The number of hydrogen-bond donors (Lipinski definition) is 0. The number of unbranched alkanes of at least 4 members (excludes halogenated alkanes) is 18. The summed E-state index contributed by atoms with van der Waals surface area (Å²) in [6.45, 7) is 6.24. The summed E-state index contributed by atoms with van der Waals surface area (Å²) in [7, 11) is 4.15. The second-order valence-corrected chi connectivity index (χ2v) is 14.6. The van der Waals surface area contributed by atoms with Crippen molar-refractivity contribution in [2.24, 2.45) is 0 Å². The van der Waals surface area contributed by atoms with E-state index in [0.29, 0.717) is 45.3 Å². The average Bonchev–Trinajstić information content (AvgIpc) is 3.12. The lowest BCUT2D eigenvalue weighted by atomic mass is 10.0. The summed E-state index contributed by atoms with van der Waals surface area (Å²) in [5.41, 5.74) is 0. The van der Waals surface area contributed by atoms with Gasteiger partial charge in [-0.2, -0.15) is 0 Å². The lowest BCUT2D eigenvalue weighted by molar-refractivity contribution is -0.150. The Bertz CT molecular complexity index is 910. The summed E-state index contributed by atoms with van der Waals surface area (Å²) in [6.07, 6.45) is 29.2. The van der Waals surface area contributed by atoms with Crippen molar-refractivity contribution in [1.29, 1.82) is 0 Å². The van der Waals surface area contributed by atoms with E-state index in [-0.39, 0.29) is 24.0 Å². The van der Waals surface area contributed by atoms with E-state index in [9.17, 15) is 14.4 Å². The van der Waals surface area contributed by atoms with Crippen LogP contribution >= 0.6 is 0 Å². The van der Waals surface area contributed by atoms with E-state index in [1.807, 2.05) is 0 Å². The van der Waals surface area contributed by atoms with Crippen LogP contribution in [0.5, 0.6) is 0 Å². The van der Waals surface area contributed by atoms with Gasteiger partial charge in [0.1, 0.15) is 19.3 Å². The molecule has 0 radical (unpaired) electrons. The van der Waals surface area contributed by atoms with Crippen LogP contribution in [-0.2, 0) is 28.6 Å². The van der Waals surface area contributed by atoms with E-state index < -0.39 is 0 Å². The highest BCUT2D eigenvalue weighted by molar-refractivity contribution is 5.70. The second-order valence-electron chi connectivity index (χ2n) is 14.6. The van der Waals surface area contributed by atoms with E-state index >= 15 is 0 Å². The van der Waals surface area contributed by atoms with Crippen LogP contribution in [0.1, 0.15) is 206 Å². The zero-order chi connectivity index (χ0) is 38.2. The first kappa shape index (κ1) is 49.5. The molecule has 0 aliphatic rings. The number of rotatable bonds is 35. The fraction of sp³-hybridized carbons (Fsp3) is 0.844. The molecule has 0 heterocycles. The Morgan fingerprint density at radius 3 is 1.31 bits per heavy atom. The van der Waals surface area contributed by atoms with Gasteiger partial charge in [0, 0.05) is 44.9 Å². The van der Waals surface area contributed by atoms with E-state index in [2.05, 4.69) is 56.5 Å². The van der Waals surface area contributed by atoms with Gasteiger partial charge in [0.25, 0.3) is 0 Å². The van der Waals surface area contributed by atoms with Crippen molar-refractivity contribution in [3.05, 3.63) is 0 Å². The average molecular weight is 730 g/mol. The Hall–Kier alpha value is -2.51. The molecule has 7 nitrogen and oxygen atoms in total. The minimum absolute atomic E-state index is 0.0295. The van der Waals surface area contributed by atoms with Crippen LogP contribution in [-0.4, -0.2) is 62.8 Å². The summed E-state index contributed by atoms with van der Waals surface area (Å²) in [5, 5.41) is 0. The van der Waals surface area contributed by atoms with Crippen molar-refractivity contribution in [3.8, 4) is 23.7 Å². The molecule has 0 fully saturated rings. The summed E-state index contributed by atoms with van der Waals surface area (Å²) < 4.78 is 16.6. The van der Waals surface area contributed by atoms with Gasteiger partial charge in [0.05, 0.1) is 0 Å². The molecule has 52 heavy (non-hydrogen) atoms. The second kappa shape index (κ2) is 39.7. The summed E-state index contributed by atoms with van der Waals surface area (Å²) in [5.74, 6) is 12.3. The smallest absolute Gasteiger partial charge is 0.306 e. The van der Waals surface area contributed by atoms with Crippen molar-refractivity contribution < 1.29 is 28.6 Å². The van der Waals surface area contributed by atoms with Crippen LogP contribution in [0, 0.1) is 23.7 Å². The van der Waals surface area contributed by atoms with Gasteiger partial charge in [-0.05, 0) is 84.8 Å². The molecule has 0 spiro atoms. The third kappa shape index (κ3) is 38.7. The van der Waals surface area contributed by atoms with Crippen molar-refractivity contribution >= 4 is 17.9 Å². The van der Waals surface area contributed by atoms with Gasteiger partial charge >= 0.3 is 17.9 Å². The van der Waals surface area contributed by atoms with E-state index in [1.54, 1.807) is 0 Å². The maximum atomic E-state index is 12.6. The van der Waals surface area contributed by atoms with Gasteiger partial charge in [0.2, 0.25) is 0 Å². The van der Waals surface area contributed by atoms with E-state index in [1.165, 1.54) is 38.5 Å². The molecule has 0 aromatic heterocycles. The molecule has 0 rings (SSSR count). The topological polar surface area (TPSA) is 82.1 Å². The maximum absolute atomic E-state index is 12.6. The molecule has 300 valence electrons. The van der Waals surface area contributed by atoms with Crippen LogP contribution in [0.2, 0.25) is 0 Å². The van der Waals surface area contributed by atoms with Gasteiger partial charge in [0.15, 0.2) is 0 Å². The molecule has 7 heteroatoms. The molecule has 0 N–H and O–H groups in total. The molecule has 0 aliphatic heterocycles. The van der Waals surface area contributed by atoms with Crippen LogP contribution < -0.4 is 0 Å². The molecule has 0 saturated carbocycles. The first-order valence-electron chi connectivity index (χ1n) is 21.5. The van der Waals surface area contributed by atoms with Gasteiger partial charge < -0.3 is 19.1 Å². The first-order valence-corrected chi connectivity index (χ1v) is 21.5. The van der Waals surface area contributed by atoms with Gasteiger partial charge in [-0.15, -0.1) is 11.8 Å². The quantitative estimate of drug-likeness (QED) is 0.0278. The Morgan fingerprint density at radius 1 is 0.462 bits per heavy atom. The zero-order valence-corrected chi connectivity index (χ0v) is 34.3. The van der Waals surface area contributed by atoms with Gasteiger partial charge in [-0.3, -0.25) is 14.4 Å². The van der Waals surface area contributed by atoms with Crippen molar-refractivity contribution in [3.63, 3.8) is 0 Å². The molecule has 0 aliphatic carbocycles. The molecular formula is C45H79NO6. The summed E-state index contributed by atoms with van der Waals surface area (Å²) in [4.78, 5) is 38.9. The SMILES string of the molecule is CCCCCCC#CCCOC(=O)CCCCCCCC(CCCCCCCC(=O)OCCC#CCCCCCC)OC(=O)CCCCCN(C)C. The van der Waals surface area contributed by atoms with Crippen molar-refractivity contribution in [1.82, 2.24) is 4.90 Å². The number of nitrogens with zero attached hydrogens (tertiary/aromatic N) is 1. The van der Waals surface area contributed by atoms with Crippen molar-refractivity contribution in [2.45, 2.75) is 213 Å². The number of hydrogen-bond acceptors (Lipinski definition) is 7. The minimum Gasteiger partial charge on any atom is -0.465 e. The minimum atomic E-state index is -0.122. The summed E-state index contributed by atoms with van der Waals surface area (Å²) in [6, 6.07) is 0. The standard InChI is InChI=1S/C45H79NO6/c1-5-7-9-11-13-15-23-32-40-50-43(47)36-28-21-17-19-26-34-42(52-45(49)38-30-25-31-39-46(3)4)35-27-20-18-22-29-37-44(48)51-41-33-24-16-14-12-10-8-6-2/h42H,5-14,17-22,25-41H2,1-4H3. The number of carbonyl (C=O) groups is 3. The van der Waals surface area contributed by atoms with Crippen LogP contribution in [0.25, 0.3) is 0 Å². The Labute approximate surface area is 320 Å². The number of carbonyl (C=O) groups excluding carboxylic acids is 3. The fourth-order valence-electron chi connectivity index (χ4n) is 5.93. The lowest BCUT2D eigenvalue weighted by Gasteiger charge is -2.18. The Kier molecular flexibility index (Phi) is 37.8. The third-order valence-corrected chi connectivity index (χ3v) is 9.14. The molecule has 0 amide bonds. The van der Waals surface area contributed by atoms with Crippen LogP contribution in [0.3, 0.4) is 0 Å². The molecule has 0 aromatic rings. The van der Waals surface area contributed by atoms with Crippen molar-refractivity contribution in [2.75, 3.05) is 33.9 Å². The molecule has 0 saturated heterocycles. The highest BCUT2D eigenvalue weighted by Crippen LogP contribution is 2.18. The largest absolute Gasteiger partial charge is 0.465 e. The highest BCUT2D eigenvalue weighted by atomic mass is 16.5. The van der Waals surface area contributed by atoms with Crippen LogP contribution in [0.4, 0.5) is 0 Å². The third-order valence-electron chi connectivity index (χ3n) is 9.14. The number of esters is 3.